The van der Waals surface area contributed by atoms with Gasteiger partial charge in [-0.25, -0.2) is 0 Å². The van der Waals surface area contributed by atoms with Gasteiger partial charge in [0.15, 0.2) is 0 Å². The number of benzene rings is 1. The molecule has 2 rings (SSSR count). The van der Waals surface area contributed by atoms with Crippen LogP contribution < -0.4 is 5.32 Å². The number of rotatable bonds is 4. The molecule has 2 nitrogen and oxygen atoms in total. The second kappa shape index (κ2) is 6.48. The summed E-state index contributed by atoms with van der Waals surface area (Å²) in [6.45, 7) is 5.26. The molecule has 0 spiro atoms. The molecule has 18 heavy (non-hydrogen) atoms. The van der Waals surface area contributed by atoms with Crippen LogP contribution in [0.3, 0.4) is 0 Å². The largest absolute Gasteiger partial charge is 0.508 e. The lowest BCUT2D eigenvalue weighted by Gasteiger charge is -2.24. The highest BCUT2D eigenvalue weighted by atomic mass is 32.2. The predicted molar refractivity (Wildman–Crippen MR) is 79.3 cm³/mol. The molecule has 1 aromatic carbocycles. The van der Waals surface area contributed by atoms with E-state index in [0.29, 0.717) is 5.75 Å². The number of aromatic hydroxyl groups is 1. The van der Waals surface area contributed by atoms with Gasteiger partial charge in [0.05, 0.1) is 0 Å². The highest BCUT2D eigenvalue weighted by Crippen LogP contribution is 2.26. The first kappa shape index (κ1) is 13.8. The first-order chi connectivity index (χ1) is 8.66. The molecule has 1 aromatic rings. The van der Waals surface area contributed by atoms with E-state index < -0.39 is 0 Å². The Hall–Kier alpha value is -0.670. The van der Waals surface area contributed by atoms with E-state index in [9.17, 15) is 5.11 Å². The quantitative estimate of drug-likeness (QED) is 0.874. The van der Waals surface area contributed by atoms with Crippen LogP contribution in [0, 0.1) is 12.8 Å². The van der Waals surface area contributed by atoms with Gasteiger partial charge in [-0.05, 0) is 56.7 Å². The standard InChI is InChI=1S/C15H23NOS/c1-11-3-4-15(17)14(9-11)12(2)16-10-13-5-7-18-8-6-13/h3-4,9,12-13,16-17H,5-8,10H2,1-2H3. The van der Waals surface area contributed by atoms with E-state index in [1.165, 1.54) is 29.9 Å². The Balaban J connectivity index is 1.90. The van der Waals surface area contributed by atoms with Crippen molar-refractivity contribution in [1.29, 1.82) is 0 Å². The van der Waals surface area contributed by atoms with Crippen molar-refractivity contribution in [2.75, 3.05) is 18.1 Å². The van der Waals surface area contributed by atoms with Crippen LogP contribution in [0.2, 0.25) is 0 Å². The van der Waals surface area contributed by atoms with Gasteiger partial charge in [-0.3, -0.25) is 0 Å². The zero-order valence-corrected chi connectivity index (χ0v) is 12.1. The van der Waals surface area contributed by atoms with Crippen LogP contribution in [-0.4, -0.2) is 23.2 Å². The van der Waals surface area contributed by atoms with E-state index in [0.717, 1.165) is 18.0 Å². The highest BCUT2D eigenvalue weighted by molar-refractivity contribution is 7.99. The van der Waals surface area contributed by atoms with Gasteiger partial charge in [-0.1, -0.05) is 17.7 Å². The Kier molecular flexibility index (Phi) is 4.95. The summed E-state index contributed by atoms with van der Waals surface area (Å²) in [4.78, 5) is 0. The fourth-order valence-corrected chi connectivity index (χ4v) is 3.63. The maximum atomic E-state index is 9.90. The third-order valence-electron chi connectivity index (χ3n) is 3.70. The van der Waals surface area contributed by atoms with E-state index in [1.807, 2.05) is 6.07 Å². The van der Waals surface area contributed by atoms with Gasteiger partial charge in [0.25, 0.3) is 0 Å². The molecule has 0 aliphatic carbocycles. The van der Waals surface area contributed by atoms with E-state index in [1.54, 1.807) is 6.07 Å². The van der Waals surface area contributed by atoms with Gasteiger partial charge in [-0.2, -0.15) is 11.8 Å². The van der Waals surface area contributed by atoms with Crippen molar-refractivity contribution in [2.45, 2.75) is 32.7 Å². The minimum atomic E-state index is 0.222. The Morgan fingerprint density at radius 2 is 2.11 bits per heavy atom. The zero-order chi connectivity index (χ0) is 13.0. The Labute approximate surface area is 114 Å². The molecule has 0 bridgehead atoms. The van der Waals surface area contributed by atoms with Crippen molar-refractivity contribution in [3.05, 3.63) is 29.3 Å². The number of hydrogen-bond acceptors (Lipinski definition) is 3. The predicted octanol–water partition coefficient (Wildman–Crippen LogP) is 3.49. The van der Waals surface area contributed by atoms with Gasteiger partial charge in [0.1, 0.15) is 5.75 Å². The molecule has 1 saturated heterocycles. The molecule has 2 N–H and O–H groups in total. The summed E-state index contributed by atoms with van der Waals surface area (Å²) in [5.41, 5.74) is 2.21. The summed E-state index contributed by atoms with van der Waals surface area (Å²) in [6, 6.07) is 6.03. The summed E-state index contributed by atoms with van der Waals surface area (Å²) in [5.74, 6) is 3.81. The van der Waals surface area contributed by atoms with Crippen LogP contribution in [0.4, 0.5) is 0 Å². The van der Waals surface area contributed by atoms with Crippen LogP contribution in [-0.2, 0) is 0 Å². The average Bonchev–Trinajstić information content (AvgIpc) is 2.40. The molecule has 1 aliphatic heterocycles. The smallest absolute Gasteiger partial charge is 0.120 e. The Morgan fingerprint density at radius 3 is 2.83 bits per heavy atom. The summed E-state index contributed by atoms with van der Waals surface area (Å²) in [6.07, 6.45) is 2.65. The summed E-state index contributed by atoms with van der Waals surface area (Å²) < 4.78 is 0. The molecule has 0 aromatic heterocycles. The molecule has 0 radical (unpaired) electrons. The van der Waals surface area contributed by atoms with E-state index in [-0.39, 0.29) is 6.04 Å². The van der Waals surface area contributed by atoms with E-state index in [4.69, 9.17) is 0 Å². The van der Waals surface area contributed by atoms with Gasteiger partial charge >= 0.3 is 0 Å². The number of hydrogen-bond donors (Lipinski definition) is 2. The fourth-order valence-electron chi connectivity index (χ4n) is 2.42. The number of aryl methyl sites for hydroxylation is 1. The third kappa shape index (κ3) is 3.66. The van der Waals surface area contributed by atoms with Crippen LogP contribution >= 0.6 is 11.8 Å². The molecule has 0 saturated carbocycles. The number of phenolic OH excluding ortho intramolecular Hbond substituents is 1. The Morgan fingerprint density at radius 1 is 1.39 bits per heavy atom. The molecule has 1 aliphatic rings. The number of nitrogens with one attached hydrogen (secondary N) is 1. The lowest BCUT2D eigenvalue weighted by atomic mass is 10.0. The average molecular weight is 265 g/mol. The minimum absolute atomic E-state index is 0.222. The van der Waals surface area contributed by atoms with Crippen molar-refractivity contribution in [2.24, 2.45) is 5.92 Å². The summed E-state index contributed by atoms with van der Waals surface area (Å²) in [7, 11) is 0. The number of thioether (sulfide) groups is 1. The summed E-state index contributed by atoms with van der Waals surface area (Å²) in [5, 5.41) is 13.5. The van der Waals surface area contributed by atoms with Gasteiger partial charge in [0.2, 0.25) is 0 Å². The summed E-state index contributed by atoms with van der Waals surface area (Å²) >= 11 is 2.07. The first-order valence-corrected chi connectivity index (χ1v) is 7.93. The van der Waals surface area contributed by atoms with Gasteiger partial charge in [-0.15, -0.1) is 0 Å². The highest BCUT2D eigenvalue weighted by Gasteiger charge is 2.16. The first-order valence-electron chi connectivity index (χ1n) is 6.77. The molecule has 1 unspecified atom stereocenters. The molecule has 100 valence electrons. The van der Waals surface area contributed by atoms with Crippen LogP contribution in [0.15, 0.2) is 18.2 Å². The normalized spacial score (nSPS) is 18.8. The monoisotopic (exact) mass is 265 g/mol. The van der Waals surface area contributed by atoms with Gasteiger partial charge < -0.3 is 10.4 Å². The second-order valence-corrected chi connectivity index (χ2v) is 6.47. The molecular weight excluding hydrogens is 242 g/mol. The molecule has 1 atom stereocenters. The van der Waals surface area contributed by atoms with Crippen molar-refractivity contribution >= 4 is 11.8 Å². The SMILES string of the molecule is Cc1ccc(O)c(C(C)NCC2CCSCC2)c1. The lowest BCUT2D eigenvalue weighted by Crippen LogP contribution is -2.28. The van der Waals surface area contributed by atoms with Gasteiger partial charge in [0, 0.05) is 11.6 Å². The maximum absolute atomic E-state index is 9.90. The van der Waals surface area contributed by atoms with Crippen LogP contribution in [0.1, 0.15) is 36.9 Å². The molecule has 3 heteroatoms. The fraction of sp³-hybridized carbons (Fsp3) is 0.600. The van der Waals surface area contributed by atoms with E-state index >= 15 is 0 Å². The molecular formula is C15H23NOS. The van der Waals surface area contributed by atoms with Crippen LogP contribution in [0.5, 0.6) is 5.75 Å². The lowest BCUT2D eigenvalue weighted by molar-refractivity contribution is 0.408. The topological polar surface area (TPSA) is 32.3 Å². The van der Waals surface area contributed by atoms with Crippen molar-refractivity contribution in [3.8, 4) is 5.75 Å². The number of phenols is 1. The molecule has 1 fully saturated rings. The Bertz CT molecular complexity index is 388. The minimum Gasteiger partial charge on any atom is -0.508 e. The third-order valence-corrected chi connectivity index (χ3v) is 4.75. The van der Waals surface area contributed by atoms with Crippen LogP contribution in [0.25, 0.3) is 0 Å². The molecule has 1 heterocycles. The van der Waals surface area contributed by atoms with Crippen molar-refractivity contribution in [1.82, 2.24) is 5.32 Å². The zero-order valence-electron chi connectivity index (χ0n) is 11.3. The van der Waals surface area contributed by atoms with Crippen molar-refractivity contribution in [3.63, 3.8) is 0 Å². The van der Waals surface area contributed by atoms with Crippen molar-refractivity contribution < 1.29 is 5.11 Å². The second-order valence-electron chi connectivity index (χ2n) is 5.25. The van der Waals surface area contributed by atoms with E-state index in [2.05, 4.69) is 37.0 Å². The molecule has 0 amide bonds. The maximum Gasteiger partial charge on any atom is 0.120 e.